The lowest BCUT2D eigenvalue weighted by molar-refractivity contribution is -0.142. The Morgan fingerprint density at radius 3 is 2.35 bits per heavy atom. The van der Waals surface area contributed by atoms with Crippen molar-refractivity contribution < 1.29 is 9.18 Å². The standard InChI is InChI=1S/C16H23FN2O/c1-16(2,3)15(20)19-10-9-18(4)14(11-19)12-5-7-13(17)8-6-12/h5-8,14H,9-11H2,1-4H3. The smallest absolute Gasteiger partial charge is 0.228 e. The number of amides is 1. The largest absolute Gasteiger partial charge is 0.339 e. The highest BCUT2D eigenvalue weighted by Crippen LogP contribution is 2.27. The fourth-order valence-corrected chi connectivity index (χ4v) is 2.58. The molecule has 2 rings (SSSR count). The Balaban J connectivity index is 2.17. The summed E-state index contributed by atoms with van der Waals surface area (Å²) in [6.45, 7) is 8.09. The van der Waals surface area contributed by atoms with Gasteiger partial charge in [0.05, 0.1) is 6.04 Å². The van der Waals surface area contributed by atoms with Gasteiger partial charge >= 0.3 is 0 Å². The Kier molecular flexibility index (Phi) is 4.14. The van der Waals surface area contributed by atoms with Crippen LogP contribution in [-0.4, -0.2) is 42.4 Å². The molecule has 0 saturated carbocycles. The molecule has 0 bridgehead atoms. The third kappa shape index (κ3) is 3.18. The number of halogens is 1. The topological polar surface area (TPSA) is 23.6 Å². The lowest BCUT2D eigenvalue weighted by Gasteiger charge is -2.41. The van der Waals surface area contributed by atoms with Crippen LogP contribution < -0.4 is 0 Å². The van der Waals surface area contributed by atoms with Gasteiger partial charge in [0.15, 0.2) is 0 Å². The van der Waals surface area contributed by atoms with Crippen molar-refractivity contribution in [2.45, 2.75) is 26.8 Å². The Morgan fingerprint density at radius 2 is 1.80 bits per heavy atom. The van der Waals surface area contributed by atoms with Crippen LogP contribution in [0, 0.1) is 11.2 Å². The number of likely N-dealkylation sites (N-methyl/N-ethyl adjacent to an activating group) is 1. The minimum absolute atomic E-state index is 0.135. The van der Waals surface area contributed by atoms with Crippen molar-refractivity contribution >= 4 is 5.91 Å². The van der Waals surface area contributed by atoms with E-state index in [0.717, 1.165) is 18.7 Å². The van der Waals surface area contributed by atoms with E-state index >= 15 is 0 Å². The maximum absolute atomic E-state index is 13.0. The van der Waals surface area contributed by atoms with Gasteiger partial charge in [-0.2, -0.15) is 0 Å². The van der Waals surface area contributed by atoms with E-state index in [9.17, 15) is 9.18 Å². The van der Waals surface area contributed by atoms with E-state index in [0.29, 0.717) is 6.54 Å². The van der Waals surface area contributed by atoms with E-state index in [4.69, 9.17) is 0 Å². The first kappa shape index (κ1) is 15.0. The Morgan fingerprint density at radius 1 is 1.20 bits per heavy atom. The van der Waals surface area contributed by atoms with Crippen molar-refractivity contribution in [3.05, 3.63) is 35.6 Å². The molecule has 0 N–H and O–H groups in total. The van der Waals surface area contributed by atoms with Gasteiger partial charge in [0.2, 0.25) is 5.91 Å². The SMILES string of the molecule is CN1CCN(C(=O)C(C)(C)C)CC1c1ccc(F)cc1. The molecule has 1 unspecified atom stereocenters. The lowest BCUT2D eigenvalue weighted by Crippen LogP contribution is -2.51. The van der Waals surface area contributed by atoms with Crippen LogP contribution >= 0.6 is 0 Å². The van der Waals surface area contributed by atoms with Crippen LogP contribution in [0.2, 0.25) is 0 Å². The molecule has 1 aliphatic heterocycles. The van der Waals surface area contributed by atoms with E-state index in [1.807, 2.05) is 44.9 Å². The van der Waals surface area contributed by atoms with Crippen LogP contribution in [0.4, 0.5) is 4.39 Å². The van der Waals surface area contributed by atoms with Gasteiger partial charge in [-0.25, -0.2) is 4.39 Å². The Hall–Kier alpha value is -1.42. The molecule has 4 heteroatoms. The molecule has 1 amide bonds. The molecule has 0 radical (unpaired) electrons. The zero-order valence-electron chi connectivity index (χ0n) is 12.7. The van der Waals surface area contributed by atoms with Crippen LogP contribution in [-0.2, 0) is 4.79 Å². The number of hydrogen-bond donors (Lipinski definition) is 0. The molecule has 0 spiro atoms. The minimum atomic E-state index is -0.358. The maximum atomic E-state index is 13.0. The summed E-state index contributed by atoms with van der Waals surface area (Å²) in [5, 5.41) is 0. The second-order valence-corrected chi connectivity index (χ2v) is 6.55. The molecule has 3 nitrogen and oxygen atoms in total. The predicted octanol–water partition coefficient (Wildman–Crippen LogP) is 2.69. The van der Waals surface area contributed by atoms with E-state index in [2.05, 4.69) is 4.90 Å². The Bertz CT molecular complexity index is 478. The van der Waals surface area contributed by atoms with Gasteiger partial charge in [0.25, 0.3) is 0 Å². The van der Waals surface area contributed by atoms with Crippen molar-refractivity contribution in [1.29, 1.82) is 0 Å². The molecule has 1 heterocycles. The summed E-state index contributed by atoms with van der Waals surface area (Å²) >= 11 is 0. The molecule has 1 saturated heterocycles. The molecular formula is C16H23FN2O. The number of rotatable bonds is 1. The lowest BCUT2D eigenvalue weighted by atomic mass is 9.93. The zero-order chi connectivity index (χ0) is 14.9. The van der Waals surface area contributed by atoms with E-state index in [1.54, 1.807) is 0 Å². The predicted molar refractivity (Wildman–Crippen MR) is 77.8 cm³/mol. The van der Waals surface area contributed by atoms with Crippen molar-refractivity contribution in [1.82, 2.24) is 9.80 Å². The number of nitrogens with zero attached hydrogens (tertiary/aromatic N) is 2. The number of piperazine rings is 1. The molecule has 1 fully saturated rings. The highest BCUT2D eigenvalue weighted by molar-refractivity contribution is 5.81. The molecule has 0 aliphatic carbocycles. The molecule has 0 aromatic heterocycles. The van der Waals surface area contributed by atoms with Crippen LogP contribution in [0.1, 0.15) is 32.4 Å². The van der Waals surface area contributed by atoms with E-state index < -0.39 is 0 Å². The van der Waals surface area contributed by atoms with Crippen LogP contribution in [0.25, 0.3) is 0 Å². The van der Waals surface area contributed by atoms with Gasteiger partial charge in [-0.05, 0) is 24.7 Å². The van der Waals surface area contributed by atoms with Gasteiger partial charge in [-0.1, -0.05) is 32.9 Å². The monoisotopic (exact) mass is 278 g/mol. The van der Waals surface area contributed by atoms with Crippen LogP contribution in [0.3, 0.4) is 0 Å². The normalized spacial score (nSPS) is 21.1. The second kappa shape index (κ2) is 5.52. The summed E-state index contributed by atoms with van der Waals surface area (Å²) in [7, 11) is 2.05. The summed E-state index contributed by atoms with van der Waals surface area (Å²) in [5.74, 6) is -0.0486. The third-order valence-corrected chi connectivity index (χ3v) is 3.83. The first-order valence-corrected chi connectivity index (χ1v) is 7.04. The van der Waals surface area contributed by atoms with Gasteiger partial charge in [-0.3, -0.25) is 9.69 Å². The van der Waals surface area contributed by atoms with Gasteiger partial charge < -0.3 is 4.90 Å². The third-order valence-electron chi connectivity index (χ3n) is 3.83. The fourth-order valence-electron chi connectivity index (χ4n) is 2.58. The average Bonchev–Trinajstić information content (AvgIpc) is 2.39. The van der Waals surface area contributed by atoms with Crippen molar-refractivity contribution in [2.75, 3.05) is 26.7 Å². The molecule has 110 valence electrons. The summed E-state index contributed by atoms with van der Waals surface area (Å²) < 4.78 is 13.0. The summed E-state index contributed by atoms with van der Waals surface area (Å²) in [5.41, 5.74) is 0.698. The van der Waals surface area contributed by atoms with E-state index in [1.165, 1.54) is 12.1 Å². The van der Waals surface area contributed by atoms with Gasteiger partial charge in [-0.15, -0.1) is 0 Å². The molecule has 20 heavy (non-hydrogen) atoms. The number of carbonyl (C=O) groups excluding carboxylic acids is 1. The van der Waals surface area contributed by atoms with Crippen LogP contribution in [0.15, 0.2) is 24.3 Å². The quantitative estimate of drug-likeness (QED) is 0.788. The van der Waals surface area contributed by atoms with E-state index in [-0.39, 0.29) is 23.2 Å². The summed E-state index contributed by atoms with van der Waals surface area (Å²) in [4.78, 5) is 16.6. The number of hydrogen-bond acceptors (Lipinski definition) is 2. The zero-order valence-corrected chi connectivity index (χ0v) is 12.7. The maximum Gasteiger partial charge on any atom is 0.228 e. The summed E-state index contributed by atoms with van der Waals surface area (Å²) in [6, 6.07) is 6.71. The molecule has 1 atom stereocenters. The first-order chi connectivity index (χ1) is 9.29. The highest BCUT2D eigenvalue weighted by atomic mass is 19.1. The minimum Gasteiger partial charge on any atom is -0.339 e. The number of carbonyl (C=O) groups is 1. The molecular weight excluding hydrogens is 255 g/mol. The number of benzene rings is 1. The molecule has 1 aromatic rings. The van der Waals surface area contributed by atoms with Gasteiger partial charge in [0, 0.05) is 25.0 Å². The highest BCUT2D eigenvalue weighted by Gasteiger charge is 2.33. The summed E-state index contributed by atoms with van der Waals surface area (Å²) in [6.07, 6.45) is 0. The van der Waals surface area contributed by atoms with Crippen molar-refractivity contribution in [3.8, 4) is 0 Å². The van der Waals surface area contributed by atoms with Gasteiger partial charge in [0.1, 0.15) is 5.82 Å². The average molecular weight is 278 g/mol. The molecule has 1 aromatic carbocycles. The van der Waals surface area contributed by atoms with Crippen molar-refractivity contribution in [2.24, 2.45) is 5.41 Å². The molecule has 1 aliphatic rings. The second-order valence-electron chi connectivity index (χ2n) is 6.55. The first-order valence-electron chi connectivity index (χ1n) is 7.04. The van der Waals surface area contributed by atoms with Crippen molar-refractivity contribution in [3.63, 3.8) is 0 Å². The Labute approximate surface area is 120 Å². The van der Waals surface area contributed by atoms with Crippen LogP contribution in [0.5, 0.6) is 0 Å². The fraction of sp³-hybridized carbons (Fsp3) is 0.562.